The SMILES string of the molecule is CCc1nc(Br)cc(-c2ccccc2)n1. The largest absolute Gasteiger partial charge is 0.233 e. The monoisotopic (exact) mass is 262 g/mol. The molecular formula is C12H11BrN2. The van der Waals surface area contributed by atoms with Gasteiger partial charge in [-0.3, -0.25) is 0 Å². The van der Waals surface area contributed by atoms with Crippen LogP contribution in [0.25, 0.3) is 11.3 Å². The van der Waals surface area contributed by atoms with Gasteiger partial charge in [0, 0.05) is 12.0 Å². The summed E-state index contributed by atoms with van der Waals surface area (Å²) < 4.78 is 0.841. The molecule has 2 nitrogen and oxygen atoms in total. The van der Waals surface area contributed by atoms with Crippen molar-refractivity contribution in [2.75, 3.05) is 0 Å². The van der Waals surface area contributed by atoms with E-state index in [9.17, 15) is 0 Å². The minimum Gasteiger partial charge on any atom is -0.233 e. The molecule has 3 heteroatoms. The zero-order valence-corrected chi connectivity index (χ0v) is 10.0. The number of halogens is 1. The number of nitrogens with zero attached hydrogens (tertiary/aromatic N) is 2. The van der Waals surface area contributed by atoms with Crippen LogP contribution in [-0.2, 0) is 6.42 Å². The summed E-state index contributed by atoms with van der Waals surface area (Å²) in [6.07, 6.45) is 0.847. The molecule has 0 aliphatic rings. The van der Waals surface area contributed by atoms with E-state index < -0.39 is 0 Å². The van der Waals surface area contributed by atoms with Gasteiger partial charge in [0.2, 0.25) is 0 Å². The van der Waals surface area contributed by atoms with Gasteiger partial charge in [-0.25, -0.2) is 9.97 Å². The van der Waals surface area contributed by atoms with Gasteiger partial charge >= 0.3 is 0 Å². The first-order chi connectivity index (χ1) is 7.29. The molecule has 0 bridgehead atoms. The molecule has 0 saturated carbocycles. The molecular weight excluding hydrogens is 252 g/mol. The number of aryl methyl sites for hydroxylation is 1. The number of hydrogen-bond acceptors (Lipinski definition) is 2. The zero-order chi connectivity index (χ0) is 10.7. The quantitative estimate of drug-likeness (QED) is 0.775. The van der Waals surface area contributed by atoms with Crippen LogP contribution in [0.4, 0.5) is 0 Å². The van der Waals surface area contributed by atoms with Crippen molar-refractivity contribution in [1.82, 2.24) is 9.97 Å². The second kappa shape index (κ2) is 4.53. The van der Waals surface area contributed by atoms with E-state index in [2.05, 4.69) is 32.8 Å². The van der Waals surface area contributed by atoms with Crippen molar-refractivity contribution in [2.24, 2.45) is 0 Å². The van der Waals surface area contributed by atoms with E-state index in [1.165, 1.54) is 0 Å². The predicted molar refractivity (Wildman–Crippen MR) is 64.5 cm³/mol. The molecule has 1 heterocycles. The van der Waals surface area contributed by atoms with E-state index in [0.717, 1.165) is 28.1 Å². The fourth-order valence-electron chi connectivity index (χ4n) is 1.38. The third kappa shape index (κ3) is 2.42. The van der Waals surface area contributed by atoms with E-state index >= 15 is 0 Å². The van der Waals surface area contributed by atoms with E-state index in [-0.39, 0.29) is 0 Å². The van der Waals surface area contributed by atoms with Gasteiger partial charge in [0.1, 0.15) is 10.4 Å². The van der Waals surface area contributed by atoms with Crippen LogP contribution in [0, 0.1) is 0 Å². The van der Waals surface area contributed by atoms with Crippen molar-refractivity contribution in [3.63, 3.8) is 0 Å². The lowest BCUT2D eigenvalue weighted by Gasteiger charge is -2.03. The molecule has 0 saturated heterocycles. The van der Waals surface area contributed by atoms with E-state index in [4.69, 9.17) is 0 Å². The Hall–Kier alpha value is -1.22. The second-order valence-electron chi connectivity index (χ2n) is 3.21. The number of benzene rings is 1. The summed E-state index contributed by atoms with van der Waals surface area (Å²) in [5.74, 6) is 0.864. The number of aromatic nitrogens is 2. The highest BCUT2D eigenvalue weighted by molar-refractivity contribution is 9.10. The summed E-state index contributed by atoms with van der Waals surface area (Å²) >= 11 is 3.40. The summed E-state index contributed by atoms with van der Waals surface area (Å²) in [5.41, 5.74) is 2.09. The van der Waals surface area contributed by atoms with Crippen molar-refractivity contribution >= 4 is 15.9 Å². The zero-order valence-electron chi connectivity index (χ0n) is 8.44. The highest BCUT2D eigenvalue weighted by atomic mass is 79.9. The molecule has 1 aromatic heterocycles. The Morgan fingerprint density at radius 2 is 1.87 bits per heavy atom. The minimum absolute atomic E-state index is 0.841. The van der Waals surface area contributed by atoms with Crippen LogP contribution in [0.5, 0.6) is 0 Å². The molecule has 2 rings (SSSR count). The molecule has 0 amide bonds. The first-order valence-corrected chi connectivity index (χ1v) is 5.68. The summed E-state index contributed by atoms with van der Waals surface area (Å²) in [6, 6.07) is 12.1. The topological polar surface area (TPSA) is 25.8 Å². The number of rotatable bonds is 2. The Balaban J connectivity index is 2.49. The molecule has 76 valence electrons. The average molecular weight is 263 g/mol. The molecule has 0 unspecified atom stereocenters. The highest BCUT2D eigenvalue weighted by Crippen LogP contribution is 2.19. The molecule has 0 radical (unpaired) electrons. The molecule has 1 aromatic carbocycles. The maximum absolute atomic E-state index is 4.48. The third-order valence-corrected chi connectivity index (χ3v) is 2.53. The van der Waals surface area contributed by atoms with Gasteiger partial charge in [-0.2, -0.15) is 0 Å². The summed E-state index contributed by atoms with van der Waals surface area (Å²) in [7, 11) is 0. The molecule has 0 spiro atoms. The van der Waals surface area contributed by atoms with E-state index in [1.807, 2.05) is 36.4 Å². The van der Waals surface area contributed by atoms with E-state index in [0.29, 0.717) is 0 Å². The van der Waals surface area contributed by atoms with Crippen molar-refractivity contribution in [2.45, 2.75) is 13.3 Å². The average Bonchev–Trinajstić information content (AvgIpc) is 2.29. The van der Waals surface area contributed by atoms with Gasteiger partial charge in [-0.1, -0.05) is 37.3 Å². The Bertz CT molecular complexity index is 454. The van der Waals surface area contributed by atoms with Crippen LogP contribution in [0.2, 0.25) is 0 Å². The molecule has 0 N–H and O–H groups in total. The Morgan fingerprint density at radius 1 is 1.13 bits per heavy atom. The molecule has 0 fully saturated rings. The normalized spacial score (nSPS) is 10.3. The molecule has 0 aliphatic carbocycles. The smallest absolute Gasteiger partial charge is 0.130 e. The van der Waals surface area contributed by atoms with Gasteiger partial charge in [-0.05, 0) is 22.0 Å². The number of hydrogen-bond donors (Lipinski definition) is 0. The Morgan fingerprint density at radius 3 is 2.53 bits per heavy atom. The Labute approximate surface area is 97.5 Å². The van der Waals surface area contributed by atoms with Crippen molar-refractivity contribution in [3.05, 3.63) is 46.8 Å². The third-order valence-electron chi connectivity index (χ3n) is 2.13. The Kier molecular flexibility index (Phi) is 3.11. The van der Waals surface area contributed by atoms with E-state index in [1.54, 1.807) is 0 Å². The lowest BCUT2D eigenvalue weighted by molar-refractivity contribution is 0.931. The van der Waals surface area contributed by atoms with Gasteiger partial charge < -0.3 is 0 Å². The maximum atomic E-state index is 4.48. The maximum Gasteiger partial charge on any atom is 0.130 e. The van der Waals surface area contributed by atoms with Crippen LogP contribution in [0.3, 0.4) is 0 Å². The van der Waals surface area contributed by atoms with Crippen molar-refractivity contribution in [1.29, 1.82) is 0 Å². The summed E-state index contributed by atoms with van der Waals surface area (Å²) in [5, 5.41) is 0. The lowest BCUT2D eigenvalue weighted by atomic mass is 10.1. The standard InChI is InChI=1S/C12H11BrN2/c1-2-12-14-10(8-11(13)15-12)9-6-4-3-5-7-9/h3-8H,2H2,1H3. The second-order valence-corrected chi connectivity index (χ2v) is 4.02. The van der Waals surface area contributed by atoms with Crippen LogP contribution < -0.4 is 0 Å². The van der Waals surface area contributed by atoms with Gasteiger partial charge in [0.25, 0.3) is 0 Å². The fourth-order valence-corrected chi connectivity index (χ4v) is 1.80. The first-order valence-electron chi connectivity index (χ1n) is 4.88. The predicted octanol–water partition coefficient (Wildman–Crippen LogP) is 3.47. The summed E-state index contributed by atoms with van der Waals surface area (Å²) in [6.45, 7) is 2.05. The van der Waals surface area contributed by atoms with Gasteiger partial charge in [0.05, 0.1) is 5.69 Å². The van der Waals surface area contributed by atoms with Gasteiger partial charge in [-0.15, -0.1) is 0 Å². The highest BCUT2D eigenvalue weighted by Gasteiger charge is 2.03. The minimum atomic E-state index is 0.841. The van der Waals surface area contributed by atoms with Crippen molar-refractivity contribution in [3.8, 4) is 11.3 Å². The molecule has 0 atom stereocenters. The first kappa shape index (κ1) is 10.3. The van der Waals surface area contributed by atoms with Crippen LogP contribution in [-0.4, -0.2) is 9.97 Å². The molecule has 0 aliphatic heterocycles. The molecule has 2 aromatic rings. The summed E-state index contributed by atoms with van der Waals surface area (Å²) in [4.78, 5) is 8.76. The van der Waals surface area contributed by atoms with Crippen LogP contribution in [0.15, 0.2) is 41.0 Å². The fraction of sp³-hybridized carbons (Fsp3) is 0.167. The van der Waals surface area contributed by atoms with Crippen molar-refractivity contribution < 1.29 is 0 Å². The van der Waals surface area contributed by atoms with Gasteiger partial charge in [0.15, 0.2) is 0 Å². The van der Waals surface area contributed by atoms with Crippen LogP contribution in [0.1, 0.15) is 12.7 Å². The lowest BCUT2D eigenvalue weighted by Crippen LogP contribution is -1.95. The van der Waals surface area contributed by atoms with Crippen LogP contribution >= 0.6 is 15.9 Å². The molecule has 15 heavy (non-hydrogen) atoms.